The molecule has 10 rings (SSSR count). The molecule has 508 valence electrons. The van der Waals surface area contributed by atoms with Gasteiger partial charge in [0.15, 0.2) is 28.3 Å². The molecule has 0 radical (unpaired) electrons. The van der Waals surface area contributed by atoms with Crippen LogP contribution in [0.15, 0.2) is 94.7 Å². The van der Waals surface area contributed by atoms with E-state index in [1.165, 1.54) is 24.3 Å². The fourth-order valence-electron chi connectivity index (χ4n) is 11.4. The van der Waals surface area contributed by atoms with E-state index in [-0.39, 0.29) is 49.3 Å². The predicted octanol–water partition coefficient (Wildman–Crippen LogP) is 12.4. The first-order chi connectivity index (χ1) is 45.0. The second-order valence-electron chi connectivity index (χ2n) is 26.1. The van der Waals surface area contributed by atoms with Crippen LogP contribution in [-0.2, 0) is 47.5 Å². The number of anilines is 2. The summed E-state index contributed by atoms with van der Waals surface area (Å²) in [6, 6.07) is 14.3. The molecule has 0 aliphatic heterocycles. The van der Waals surface area contributed by atoms with Crippen molar-refractivity contribution >= 4 is 82.9 Å². The van der Waals surface area contributed by atoms with E-state index in [9.17, 15) is 23.5 Å². The fourth-order valence-corrected chi connectivity index (χ4v) is 14.3. The maximum Gasteiger partial charge on any atom is 0.338 e. The van der Waals surface area contributed by atoms with Crippen LogP contribution >= 0.6 is 31.9 Å². The number of nitrogens with two attached hydrogens (primary N) is 1. The lowest BCUT2D eigenvalue weighted by molar-refractivity contribution is -0.181. The third-order valence-corrected chi connectivity index (χ3v) is 22.0. The summed E-state index contributed by atoms with van der Waals surface area (Å²) in [6.07, 6.45) is 14.7. The molecule has 6 aromatic heterocycles. The van der Waals surface area contributed by atoms with Gasteiger partial charge in [0.25, 0.3) is 0 Å². The van der Waals surface area contributed by atoms with Crippen LogP contribution in [-0.4, -0.2) is 181 Å². The number of aliphatic carboxylic acids is 1. The van der Waals surface area contributed by atoms with Gasteiger partial charge in [-0.25, -0.2) is 37.7 Å². The van der Waals surface area contributed by atoms with Crippen molar-refractivity contribution in [1.29, 1.82) is 0 Å². The van der Waals surface area contributed by atoms with Gasteiger partial charge in [0.2, 0.25) is 0 Å². The summed E-state index contributed by atoms with van der Waals surface area (Å²) in [5.41, 5.74) is 11.5. The molecule has 0 atom stereocenters. The van der Waals surface area contributed by atoms with Crippen molar-refractivity contribution in [3.05, 3.63) is 118 Å². The Bertz CT molecular complexity index is 3790. The minimum Gasteiger partial charge on any atom is -0.479 e. The summed E-state index contributed by atoms with van der Waals surface area (Å²) in [5.74, 6) is -0.839. The first-order valence-corrected chi connectivity index (χ1v) is 40.5. The first-order valence-electron chi connectivity index (χ1n) is 31.5. The van der Waals surface area contributed by atoms with Crippen LogP contribution in [0.3, 0.4) is 0 Å². The van der Waals surface area contributed by atoms with Crippen LogP contribution in [0.1, 0.15) is 74.6 Å². The molecule has 0 amide bonds. The largest absolute Gasteiger partial charge is 0.479 e. The number of carboxylic acid groups (broad SMARTS) is 1. The monoisotopic (exact) mass is 1460 g/mol. The number of hydrogen-bond donors (Lipinski definition) is 2. The maximum atomic E-state index is 13.7. The highest BCUT2D eigenvalue weighted by atomic mass is 79.9. The second kappa shape index (κ2) is 32.1. The number of esters is 1. The van der Waals surface area contributed by atoms with E-state index < -0.39 is 33.3 Å². The molecular weight excluding hydrogens is 1380 g/mol. The number of carbonyl (C=O) groups excluding carboxylic acids is 1. The van der Waals surface area contributed by atoms with Gasteiger partial charge in [-0.1, -0.05) is 39.3 Å². The van der Waals surface area contributed by atoms with E-state index in [1.54, 1.807) is 84.3 Å². The van der Waals surface area contributed by atoms with Gasteiger partial charge in [-0.05, 0) is 144 Å². The number of benzene rings is 2. The van der Waals surface area contributed by atoms with E-state index in [2.05, 4.69) is 91.3 Å². The van der Waals surface area contributed by atoms with Crippen molar-refractivity contribution in [2.24, 2.45) is 0 Å². The van der Waals surface area contributed by atoms with E-state index in [4.69, 9.17) is 58.7 Å². The normalized spacial score (nSPS) is 18.6. The summed E-state index contributed by atoms with van der Waals surface area (Å²) >= 11 is 7.61. The Labute approximate surface area is 565 Å². The second-order valence-corrected chi connectivity index (χ2v) is 38.9. The van der Waals surface area contributed by atoms with Gasteiger partial charge in [0.05, 0.1) is 89.5 Å². The Morgan fingerprint density at radius 3 is 1.48 bits per heavy atom. The molecular formula is C65H86Br2F2N12O11Si2. The number of fused-ring (bicyclic) bond motifs is 2. The van der Waals surface area contributed by atoms with Crippen LogP contribution in [0.25, 0.3) is 44.9 Å². The zero-order chi connectivity index (χ0) is 67.4. The number of hydrogen-bond acceptors (Lipinski definition) is 18. The topological polar surface area (TPSA) is 253 Å². The molecule has 6 heterocycles. The fraction of sp³-hybridized carbons (Fsp3) is 0.508. The lowest BCUT2D eigenvalue weighted by Crippen LogP contribution is -2.46. The van der Waals surface area contributed by atoms with Crippen LogP contribution in [0.4, 0.5) is 20.4 Å². The Morgan fingerprint density at radius 2 is 1.02 bits per heavy atom. The summed E-state index contributed by atoms with van der Waals surface area (Å²) in [5, 5.41) is 28.2. The highest BCUT2D eigenvalue weighted by molar-refractivity contribution is 9.11. The maximum absolute atomic E-state index is 13.7. The lowest BCUT2D eigenvalue weighted by Gasteiger charge is -2.38. The highest BCUT2D eigenvalue weighted by Gasteiger charge is 2.47. The molecule has 94 heavy (non-hydrogen) atoms. The van der Waals surface area contributed by atoms with Gasteiger partial charge in [0, 0.05) is 97.2 Å². The molecule has 0 spiro atoms. The van der Waals surface area contributed by atoms with Crippen molar-refractivity contribution in [3.63, 3.8) is 0 Å². The SMILES string of the molecule is COCCOC(=O)C1(OCCOC)CCC(c2nc3c(-c4cnn(-c5ccc(F)cc5)c4)cnn3c(N(COCC[Si](C)(C)C)COCC[Si](C)(C)C)c2Br)CC1.COCCOC1(C(=O)O)CCC(c2nc3c(-c4cnn(-c5ccc(F)cc5)c4)cnn3c(N)c2Br)CC1. The Hall–Kier alpha value is -6.39. The van der Waals surface area contributed by atoms with Crippen molar-refractivity contribution < 1.29 is 61.4 Å². The molecule has 2 aliphatic rings. The summed E-state index contributed by atoms with van der Waals surface area (Å²) in [4.78, 5) is 37.9. The number of ether oxygens (including phenoxy) is 8. The van der Waals surface area contributed by atoms with Crippen molar-refractivity contribution in [2.75, 3.05) is 98.3 Å². The number of rotatable bonds is 30. The third kappa shape index (κ3) is 17.6. The molecule has 0 bridgehead atoms. The Balaban J connectivity index is 0.000000242. The standard InChI is InChI=1S/C40H60BrFN6O7Si2.C25H26BrFN6O4/c1-50-17-19-54-39(49)40(55-20-18-51-2)15-13-30(14-16-40)36-35(41)38(46(28-52-21-23-56(3,4)5)29-53-22-24-57(6,7)8)48-37(45-36)34(26-44-48)31-25-43-47(27-31)33-11-9-32(42)10-12-33;1-36-10-11-37-25(24(34)35)8-6-15(7-9-25)21-20(26)22(28)33-23(31-21)19(13-30-33)16-12-29-32(14-16)18-4-2-17(27)3-5-18/h9-12,25-27,30H,13-24,28-29H2,1-8H3;2-5,12-15H,6-11,28H2,1H3,(H,34,35). The molecule has 23 nitrogen and oxygen atoms in total. The molecule has 29 heteroatoms. The quantitative estimate of drug-likeness (QED) is 0.0184. The molecule has 3 N–H and O–H groups in total. The predicted molar refractivity (Wildman–Crippen MR) is 365 cm³/mol. The number of carboxylic acids is 1. The zero-order valence-corrected chi connectivity index (χ0v) is 60.1. The van der Waals surface area contributed by atoms with E-state index in [0.29, 0.717) is 119 Å². The van der Waals surface area contributed by atoms with E-state index in [0.717, 1.165) is 67.4 Å². The summed E-state index contributed by atoms with van der Waals surface area (Å²) < 4.78 is 81.1. The van der Waals surface area contributed by atoms with Gasteiger partial charge >= 0.3 is 11.9 Å². The molecule has 8 aromatic rings. The lowest BCUT2D eigenvalue weighted by atomic mass is 9.77. The van der Waals surface area contributed by atoms with Crippen LogP contribution in [0, 0.1) is 11.6 Å². The van der Waals surface area contributed by atoms with E-state index >= 15 is 0 Å². The van der Waals surface area contributed by atoms with Crippen molar-refractivity contribution in [3.8, 4) is 33.6 Å². The molecule has 0 unspecified atom stereocenters. The third-order valence-electron chi connectivity index (χ3n) is 17.0. The summed E-state index contributed by atoms with van der Waals surface area (Å²) in [6.45, 7) is 17.6. The molecule has 2 fully saturated rings. The highest BCUT2D eigenvalue weighted by Crippen LogP contribution is 2.47. The van der Waals surface area contributed by atoms with Crippen LogP contribution < -0.4 is 10.6 Å². The van der Waals surface area contributed by atoms with Crippen molar-refractivity contribution in [2.45, 2.75) is 126 Å². The van der Waals surface area contributed by atoms with Gasteiger partial charge < -0.3 is 53.6 Å². The Morgan fingerprint density at radius 1 is 0.596 bits per heavy atom. The van der Waals surface area contributed by atoms with Gasteiger partial charge in [-0.15, -0.1) is 0 Å². The first kappa shape index (κ1) is 71.9. The molecule has 0 saturated heterocycles. The van der Waals surface area contributed by atoms with Gasteiger partial charge in [0.1, 0.15) is 37.5 Å². The van der Waals surface area contributed by atoms with Crippen molar-refractivity contribution in [1.82, 2.24) is 48.8 Å². The smallest absolute Gasteiger partial charge is 0.338 e. The zero-order valence-electron chi connectivity index (χ0n) is 54.9. The van der Waals surface area contributed by atoms with Crippen LogP contribution in [0.5, 0.6) is 0 Å². The number of carbonyl (C=O) groups is 2. The number of halogens is 4. The van der Waals surface area contributed by atoms with E-state index in [1.807, 2.05) is 16.9 Å². The number of nitrogens with zero attached hydrogens (tertiary/aromatic N) is 11. The minimum absolute atomic E-state index is 0.00939. The van der Waals surface area contributed by atoms with Gasteiger partial charge in [-0.3, -0.25) is 0 Å². The Kier molecular flexibility index (Phi) is 24.6. The van der Waals surface area contributed by atoms with Crippen LogP contribution in [0.2, 0.25) is 51.4 Å². The number of methoxy groups -OCH3 is 3. The molecule has 2 aromatic carbocycles. The minimum atomic E-state index is -1.34. The average molecular weight is 1470 g/mol. The van der Waals surface area contributed by atoms with Gasteiger partial charge in [-0.2, -0.15) is 29.4 Å². The number of aromatic nitrogens is 10. The number of nitrogen functional groups attached to an aromatic ring is 1. The average Bonchev–Trinajstić information content (AvgIpc) is 1.50. The summed E-state index contributed by atoms with van der Waals surface area (Å²) in [7, 11) is 2.06. The molecule has 2 saturated carbocycles. The molecule has 2 aliphatic carbocycles.